The highest BCUT2D eigenvalue weighted by atomic mass is 32.1. The van der Waals surface area contributed by atoms with E-state index in [1.165, 1.54) is 9.75 Å². The summed E-state index contributed by atoms with van der Waals surface area (Å²) in [6, 6.07) is 11.5. The molecule has 0 saturated heterocycles. The molecule has 0 aliphatic heterocycles. The SMILES string of the molecule is CCNCC(Cc1ccc(CC)s1)c1ccccc1F. The van der Waals surface area contributed by atoms with E-state index >= 15 is 0 Å². The minimum absolute atomic E-state index is 0.0947. The zero-order valence-electron chi connectivity index (χ0n) is 12.2. The lowest BCUT2D eigenvalue weighted by molar-refractivity contribution is 0.546. The summed E-state index contributed by atoms with van der Waals surface area (Å²) in [5, 5.41) is 3.35. The summed E-state index contributed by atoms with van der Waals surface area (Å²) in [7, 11) is 0. The Morgan fingerprint density at radius 1 is 1.10 bits per heavy atom. The van der Waals surface area contributed by atoms with Crippen molar-refractivity contribution >= 4 is 11.3 Å². The van der Waals surface area contributed by atoms with Crippen LogP contribution in [0.4, 0.5) is 4.39 Å². The van der Waals surface area contributed by atoms with E-state index in [2.05, 4.69) is 31.3 Å². The number of thiophene rings is 1. The zero-order chi connectivity index (χ0) is 14.4. The maximum atomic E-state index is 14.0. The van der Waals surface area contributed by atoms with Crippen molar-refractivity contribution in [1.82, 2.24) is 5.32 Å². The van der Waals surface area contributed by atoms with Gasteiger partial charge in [0.05, 0.1) is 0 Å². The number of hydrogen-bond donors (Lipinski definition) is 1. The van der Waals surface area contributed by atoms with Crippen molar-refractivity contribution in [2.75, 3.05) is 13.1 Å². The molecule has 1 aromatic heterocycles. The largest absolute Gasteiger partial charge is 0.316 e. The van der Waals surface area contributed by atoms with E-state index in [0.717, 1.165) is 31.5 Å². The summed E-state index contributed by atoms with van der Waals surface area (Å²) in [5.41, 5.74) is 0.819. The first-order valence-electron chi connectivity index (χ1n) is 7.27. The number of likely N-dealkylation sites (N-methyl/N-ethyl adjacent to an activating group) is 1. The Bertz CT molecular complexity index is 535. The van der Waals surface area contributed by atoms with Crippen LogP contribution in [0.2, 0.25) is 0 Å². The monoisotopic (exact) mass is 291 g/mol. The number of rotatable bonds is 7. The molecule has 0 amide bonds. The number of nitrogens with one attached hydrogen (secondary N) is 1. The van der Waals surface area contributed by atoms with Crippen molar-refractivity contribution in [2.45, 2.75) is 32.6 Å². The van der Waals surface area contributed by atoms with E-state index in [4.69, 9.17) is 0 Å². The third-order valence-electron chi connectivity index (χ3n) is 3.50. The summed E-state index contributed by atoms with van der Waals surface area (Å²) < 4.78 is 14.0. The Morgan fingerprint density at radius 2 is 1.85 bits per heavy atom. The number of benzene rings is 1. The molecule has 2 aromatic rings. The fourth-order valence-corrected chi connectivity index (χ4v) is 3.42. The molecule has 20 heavy (non-hydrogen) atoms. The molecule has 1 nitrogen and oxygen atoms in total. The second-order valence-electron chi connectivity index (χ2n) is 4.95. The van der Waals surface area contributed by atoms with Gasteiger partial charge in [-0.2, -0.15) is 0 Å². The molecule has 1 heterocycles. The van der Waals surface area contributed by atoms with E-state index in [1.54, 1.807) is 12.1 Å². The van der Waals surface area contributed by atoms with Gasteiger partial charge < -0.3 is 5.32 Å². The first-order chi connectivity index (χ1) is 9.74. The molecule has 0 spiro atoms. The molecule has 1 unspecified atom stereocenters. The van der Waals surface area contributed by atoms with Crippen LogP contribution in [0.5, 0.6) is 0 Å². The number of aryl methyl sites for hydroxylation is 1. The van der Waals surface area contributed by atoms with Gasteiger partial charge in [0.15, 0.2) is 0 Å². The van der Waals surface area contributed by atoms with Crippen LogP contribution in [-0.4, -0.2) is 13.1 Å². The summed E-state index contributed by atoms with van der Waals surface area (Å²) >= 11 is 1.84. The maximum absolute atomic E-state index is 14.0. The molecule has 2 rings (SSSR count). The van der Waals surface area contributed by atoms with Crippen LogP contribution in [0.1, 0.15) is 35.1 Å². The van der Waals surface area contributed by atoms with Gasteiger partial charge >= 0.3 is 0 Å². The Hall–Kier alpha value is -1.19. The highest BCUT2D eigenvalue weighted by Crippen LogP contribution is 2.27. The van der Waals surface area contributed by atoms with Gasteiger partial charge in [0.1, 0.15) is 5.82 Å². The summed E-state index contributed by atoms with van der Waals surface area (Å²) in [6.07, 6.45) is 1.97. The highest BCUT2D eigenvalue weighted by Gasteiger charge is 2.16. The van der Waals surface area contributed by atoms with E-state index in [-0.39, 0.29) is 11.7 Å². The lowest BCUT2D eigenvalue weighted by atomic mass is 9.94. The maximum Gasteiger partial charge on any atom is 0.126 e. The van der Waals surface area contributed by atoms with Gasteiger partial charge in [-0.3, -0.25) is 0 Å². The van der Waals surface area contributed by atoms with Crippen molar-refractivity contribution < 1.29 is 4.39 Å². The van der Waals surface area contributed by atoms with Gasteiger partial charge in [-0.05, 0) is 43.1 Å². The van der Waals surface area contributed by atoms with Crippen LogP contribution in [0.3, 0.4) is 0 Å². The molecule has 0 aliphatic rings. The van der Waals surface area contributed by atoms with Gasteiger partial charge in [-0.15, -0.1) is 11.3 Å². The number of halogens is 1. The molecule has 0 radical (unpaired) electrons. The summed E-state index contributed by atoms with van der Waals surface area (Å²) in [4.78, 5) is 2.74. The zero-order valence-corrected chi connectivity index (χ0v) is 13.0. The third kappa shape index (κ3) is 3.90. The van der Waals surface area contributed by atoms with Gasteiger partial charge in [0, 0.05) is 22.2 Å². The van der Waals surface area contributed by atoms with Crippen molar-refractivity contribution in [1.29, 1.82) is 0 Å². The molecule has 1 aromatic carbocycles. The standard InChI is InChI=1S/C17H22FNS/c1-3-14-9-10-15(20-14)11-13(12-19-4-2)16-7-5-6-8-17(16)18/h5-10,13,19H,3-4,11-12H2,1-2H3. The van der Waals surface area contributed by atoms with Gasteiger partial charge in [-0.1, -0.05) is 32.0 Å². The topological polar surface area (TPSA) is 12.0 Å². The van der Waals surface area contributed by atoms with Crippen LogP contribution in [0.25, 0.3) is 0 Å². The lowest BCUT2D eigenvalue weighted by Gasteiger charge is -2.17. The van der Waals surface area contributed by atoms with E-state index in [0.29, 0.717) is 0 Å². The molecule has 0 bridgehead atoms. The minimum atomic E-state index is -0.0947. The molecule has 0 aliphatic carbocycles. The predicted molar refractivity (Wildman–Crippen MR) is 85.1 cm³/mol. The average molecular weight is 291 g/mol. The third-order valence-corrected chi connectivity index (χ3v) is 4.75. The Balaban J connectivity index is 2.17. The fraction of sp³-hybridized carbons (Fsp3) is 0.412. The van der Waals surface area contributed by atoms with Crippen LogP contribution in [0, 0.1) is 5.82 Å². The highest BCUT2D eigenvalue weighted by molar-refractivity contribution is 7.11. The molecule has 108 valence electrons. The molecular weight excluding hydrogens is 269 g/mol. The van der Waals surface area contributed by atoms with Crippen LogP contribution in [-0.2, 0) is 12.8 Å². The van der Waals surface area contributed by atoms with Crippen molar-refractivity contribution in [3.8, 4) is 0 Å². The molecule has 0 fully saturated rings. The summed E-state index contributed by atoms with van der Waals surface area (Å²) in [5.74, 6) is 0.0992. The van der Waals surface area contributed by atoms with E-state index < -0.39 is 0 Å². The normalized spacial score (nSPS) is 12.6. The van der Waals surface area contributed by atoms with Crippen LogP contribution in [0.15, 0.2) is 36.4 Å². The molecular formula is C17H22FNS. The lowest BCUT2D eigenvalue weighted by Crippen LogP contribution is -2.23. The number of hydrogen-bond acceptors (Lipinski definition) is 2. The minimum Gasteiger partial charge on any atom is -0.316 e. The van der Waals surface area contributed by atoms with Gasteiger partial charge in [0.25, 0.3) is 0 Å². The Labute approximate surface area is 124 Å². The first kappa shape index (κ1) is 15.2. The van der Waals surface area contributed by atoms with Crippen molar-refractivity contribution in [3.63, 3.8) is 0 Å². The smallest absolute Gasteiger partial charge is 0.126 e. The van der Waals surface area contributed by atoms with E-state index in [9.17, 15) is 4.39 Å². The molecule has 1 N–H and O–H groups in total. The molecule has 1 atom stereocenters. The Morgan fingerprint density at radius 3 is 2.50 bits per heavy atom. The molecule has 3 heteroatoms. The quantitative estimate of drug-likeness (QED) is 0.798. The van der Waals surface area contributed by atoms with Crippen LogP contribution < -0.4 is 5.32 Å². The summed E-state index contributed by atoms with van der Waals surface area (Å²) in [6.45, 7) is 5.98. The average Bonchev–Trinajstić information content (AvgIpc) is 2.92. The van der Waals surface area contributed by atoms with Gasteiger partial charge in [-0.25, -0.2) is 4.39 Å². The van der Waals surface area contributed by atoms with Crippen LogP contribution >= 0.6 is 11.3 Å². The van der Waals surface area contributed by atoms with Gasteiger partial charge in [0.2, 0.25) is 0 Å². The Kier molecular flexibility index (Phi) is 5.74. The predicted octanol–water partition coefficient (Wildman–Crippen LogP) is 4.39. The van der Waals surface area contributed by atoms with Crippen molar-refractivity contribution in [3.05, 3.63) is 57.5 Å². The second kappa shape index (κ2) is 7.55. The second-order valence-corrected chi connectivity index (χ2v) is 6.20. The van der Waals surface area contributed by atoms with Crippen molar-refractivity contribution in [2.24, 2.45) is 0 Å². The fourth-order valence-electron chi connectivity index (χ4n) is 2.38. The first-order valence-corrected chi connectivity index (χ1v) is 8.09. The van der Waals surface area contributed by atoms with E-state index in [1.807, 2.05) is 23.5 Å². The molecule has 0 saturated carbocycles.